The van der Waals surface area contributed by atoms with E-state index in [1.54, 1.807) is 34.9 Å². The van der Waals surface area contributed by atoms with Crippen LogP contribution in [0.4, 0.5) is 0 Å². The number of benzene rings is 2. The van der Waals surface area contributed by atoms with Crippen LogP contribution in [0, 0.1) is 0 Å². The predicted molar refractivity (Wildman–Crippen MR) is 107 cm³/mol. The average molecular weight is 387 g/mol. The Balaban J connectivity index is 2.01. The summed E-state index contributed by atoms with van der Waals surface area (Å²) in [7, 11) is 0. The Morgan fingerprint density at radius 2 is 1.96 bits per heavy atom. The van der Waals surface area contributed by atoms with E-state index in [0.29, 0.717) is 33.2 Å². The Morgan fingerprint density at radius 1 is 1.23 bits per heavy atom. The predicted octanol–water partition coefficient (Wildman–Crippen LogP) is 4.82. The zero-order chi connectivity index (χ0) is 18.7. The van der Waals surface area contributed by atoms with Crippen molar-refractivity contribution < 1.29 is 4.79 Å². The van der Waals surface area contributed by atoms with Crippen molar-refractivity contribution in [1.29, 1.82) is 0 Å². The van der Waals surface area contributed by atoms with Crippen molar-refractivity contribution in [3.63, 3.8) is 0 Å². The SMILES string of the molecule is CCCn1c(SC(C)C(=O)c2ccccc2)nc2cc(Cl)ccc2c1=O. The number of Topliss-reactive ketones (excluding diaryl/α,β-unsaturated/α-hetero) is 1. The van der Waals surface area contributed by atoms with Gasteiger partial charge in [-0.1, -0.05) is 60.6 Å². The van der Waals surface area contributed by atoms with Gasteiger partial charge in [0.1, 0.15) is 0 Å². The molecule has 0 spiro atoms. The number of fused-ring (bicyclic) bond motifs is 1. The van der Waals surface area contributed by atoms with Crippen molar-refractivity contribution in [2.75, 3.05) is 0 Å². The minimum absolute atomic E-state index is 0.0130. The lowest BCUT2D eigenvalue weighted by Crippen LogP contribution is -2.25. The number of aromatic nitrogens is 2. The molecule has 0 aliphatic carbocycles. The fraction of sp³-hybridized carbons (Fsp3) is 0.250. The maximum Gasteiger partial charge on any atom is 0.262 e. The highest BCUT2D eigenvalue weighted by atomic mass is 35.5. The summed E-state index contributed by atoms with van der Waals surface area (Å²) in [6.45, 7) is 4.40. The number of carbonyl (C=O) groups is 1. The third kappa shape index (κ3) is 3.84. The van der Waals surface area contributed by atoms with Gasteiger partial charge in [-0.2, -0.15) is 0 Å². The van der Waals surface area contributed by atoms with Crippen molar-refractivity contribution in [3.8, 4) is 0 Å². The zero-order valence-corrected chi connectivity index (χ0v) is 16.2. The summed E-state index contributed by atoms with van der Waals surface area (Å²) in [6, 6.07) is 14.2. The standard InChI is InChI=1S/C20H19ClN2O2S/c1-3-11-23-19(25)16-10-9-15(21)12-17(16)22-20(23)26-13(2)18(24)14-7-5-4-6-8-14/h4-10,12-13H,3,11H2,1-2H3. The van der Waals surface area contributed by atoms with Crippen LogP contribution in [0.5, 0.6) is 0 Å². The normalized spacial score (nSPS) is 12.3. The molecule has 1 heterocycles. The summed E-state index contributed by atoms with van der Waals surface area (Å²) >= 11 is 7.36. The molecule has 0 bridgehead atoms. The molecule has 2 aromatic carbocycles. The molecule has 134 valence electrons. The second kappa shape index (κ2) is 8.06. The molecular formula is C20H19ClN2O2S. The highest BCUT2D eigenvalue weighted by molar-refractivity contribution is 8.00. The Hall–Kier alpha value is -2.11. The molecule has 6 heteroatoms. The quantitative estimate of drug-likeness (QED) is 0.346. The van der Waals surface area contributed by atoms with Crippen molar-refractivity contribution in [3.05, 3.63) is 69.5 Å². The van der Waals surface area contributed by atoms with E-state index in [1.165, 1.54) is 11.8 Å². The van der Waals surface area contributed by atoms with Gasteiger partial charge < -0.3 is 0 Å². The summed E-state index contributed by atoms with van der Waals surface area (Å²) < 4.78 is 1.65. The molecule has 0 fully saturated rings. The molecule has 3 rings (SSSR count). The monoisotopic (exact) mass is 386 g/mol. The highest BCUT2D eigenvalue weighted by Gasteiger charge is 2.20. The first-order valence-electron chi connectivity index (χ1n) is 8.47. The van der Waals surface area contributed by atoms with Gasteiger partial charge in [0.25, 0.3) is 5.56 Å². The smallest absolute Gasteiger partial charge is 0.262 e. The largest absolute Gasteiger partial charge is 0.293 e. The second-order valence-corrected chi connectivity index (χ2v) is 7.75. The Bertz CT molecular complexity index is 1000. The van der Waals surface area contributed by atoms with E-state index in [0.717, 1.165) is 6.42 Å². The molecule has 0 saturated heterocycles. The fourth-order valence-electron chi connectivity index (χ4n) is 2.73. The molecule has 0 amide bonds. The van der Waals surface area contributed by atoms with Gasteiger partial charge in [0.2, 0.25) is 0 Å². The molecule has 0 saturated carbocycles. The van der Waals surface area contributed by atoms with Crippen LogP contribution in [0.1, 0.15) is 30.6 Å². The Labute approximate surface area is 161 Å². The van der Waals surface area contributed by atoms with Crippen LogP contribution in [0.15, 0.2) is 58.5 Å². The molecule has 0 radical (unpaired) electrons. The van der Waals surface area contributed by atoms with E-state index in [4.69, 9.17) is 11.6 Å². The number of rotatable bonds is 6. The lowest BCUT2D eigenvalue weighted by Gasteiger charge is -2.15. The van der Waals surface area contributed by atoms with Crippen molar-refractivity contribution in [2.45, 2.75) is 37.2 Å². The summed E-state index contributed by atoms with van der Waals surface area (Å²) in [6.07, 6.45) is 0.801. The molecule has 1 atom stereocenters. The first-order chi connectivity index (χ1) is 12.5. The van der Waals surface area contributed by atoms with Gasteiger partial charge in [0.15, 0.2) is 10.9 Å². The molecule has 0 N–H and O–H groups in total. The van der Waals surface area contributed by atoms with E-state index in [-0.39, 0.29) is 16.6 Å². The molecule has 1 aromatic heterocycles. The maximum absolute atomic E-state index is 12.9. The Kier molecular flexibility index (Phi) is 5.79. The third-order valence-corrected chi connectivity index (χ3v) is 5.36. The average Bonchev–Trinajstić information content (AvgIpc) is 2.64. The van der Waals surface area contributed by atoms with Gasteiger partial charge in [0, 0.05) is 17.1 Å². The van der Waals surface area contributed by atoms with Gasteiger partial charge in [-0.25, -0.2) is 4.98 Å². The number of nitrogens with zero attached hydrogens (tertiary/aromatic N) is 2. The molecule has 1 unspecified atom stereocenters. The van der Waals surface area contributed by atoms with E-state index in [2.05, 4.69) is 4.98 Å². The third-order valence-electron chi connectivity index (χ3n) is 4.04. The molecule has 26 heavy (non-hydrogen) atoms. The second-order valence-electron chi connectivity index (χ2n) is 6.00. The van der Waals surface area contributed by atoms with Crippen molar-refractivity contribution in [1.82, 2.24) is 9.55 Å². The zero-order valence-electron chi connectivity index (χ0n) is 14.6. The summed E-state index contributed by atoms with van der Waals surface area (Å²) in [5, 5.41) is 1.25. The number of carbonyl (C=O) groups excluding carboxylic acids is 1. The summed E-state index contributed by atoms with van der Waals surface area (Å²) in [4.78, 5) is 30.1. The van der Waals surface area contributed by atoms with Crippen LogP contribution >= 0.6 is 23.4 Å². The van der Waals surface area contributed by atoms with Crippen LogP contribution in [0.2, 0.25) is 5.02 Å². The molecule has 0 aliphatic rings. The summed E-state index contributed by atoms with van der Waals surface area (Å²) in [5.74, 6) is 0.0130. The molecule has 4 nitrogen and oxygen atoms in total. The topological polar surface area (TPSA) is 52.0 Å². The van der Waals surface area contributed by atoms with Crippen LogP contribution in [-0.2, 0) is 6.54 Å². The number of halogens is 1. The minimum atomic E-state index is -0.357. The van der Waals surface area contributed by atoms with Gasteiger partial charge in [-0.3, -0.25) is 14.2 Å². The number of thioether (sulfide) groups is 1. The lowest BCUT2D eigenvalue weighted by atomic mass is 10.1. The van der Waals surface area contributed by atoms with E-state index >= 15 is 0 Å². The van der Waals surface area contributed by atoms with Gasteiger partial charge >= 0.3 is 0 Å². The minimum Gasteiger partial charge on any atom is -0.293 e. The van der Waals surface area contributed by atoms with Gasteiger partial charge in [-0.15, -0.1) is 0 Å². The van der Waals surface area contributed by atoms with E-state index in [9.17, 15) is 9.59 Å². The molecule has 3 aromatic rings. The lowest BCUT2D eigenvalue weighted by molar-refractivity contribution is 0.0994. The first-order valence-corrected chi connectivity index (χ1v) is 9.73. The van der Waals surface area contributed by atoms with E-state index < -0.39 is 0 Å². The van der Waals surface area contributed by atoms with Crippen LogP contribution in [0.25, 0.3) is 10.9 Å². The van der Waals surface area contributed by atoms with Crippen LogP contribution in [0.3, 0.4) is 0 Å². The highest BCUT2D eigenvalue weighted by Crippen LogP contribution is 2.26. The van der Waals surface area contributed by atoms with Crippen molar-refractivity contribution in [2.24, 2.45) is 0 Å². The van der Waals surface area contributed by atoms with Crippen molar-refractivity contribution >= 4 is 40.0 Å². The first kappa shape index (κ1) is 18.7. The molecule has 0 aliphatic heterocycles. The van der Waals surface area contributed by atoms with Crippen LogP contribution < -0.4 is 5.56 Å². The van der Waals surface area contributed by atoms with Crippen LogP contribution in [-0.4, -0.2) is 20.6 Å². The van der Waals surface area contributed by atoms with Gasteiger partial charge in [-0.05, 0) is 31.5 Å². The molecular weight excluding hydrogens is 368 g/mol. The maximum atomic E-state index is 12.9. The fourth-order valence-corrected chi connectivity index (χ4v) is 3.91. The summed E-state index contributed by atoms with van der Waals surface area (Å²) in [5.41, 5.74) is 1.10. The number of ketones is 1. The number of hydrogen-bond acceptors (Lipinski definition) is 4. The van der Waals surface area contributed by atoms with E-state index in [1.807, 2.05) is 32.0 Å². The van der Waals surface area contributed by atoms with Gasteiger partial charge in [0.05, 0.1) is 16.2 Å². The Morgan fingerprint density at radius 3 is 2.65 bits per heavy atom. The number of hydrogen-bond donors (Lipinski definition) is 0.